The summed E-state index contributed by atoms with van der Waals surface area (Å²) < 4.78 is 71.6. The third-order valence-corrected chi connectivity index (χ3v) is 8.22. The van der Waals surface area contributed by atoms with E-state index in [1.165, 1.54) is 27.8 Å². The number of alkyl halides is 3. The Bertz CT molecular complexity index is 1660. The molecule has 0 bridgehead atoms. The van der Waals surface area contributed by atoms with Gasteiger partial charge in [-0.15, -0.1) is 5.12 Å². The minimum atomic E-state index is -4.86. The number of benzene rings is 2. The number of aromatic nitrogens is 2. The van der Waals surface area contributed by atoms with Gasteiger partial charge in [-0.1, -0.05) is 34.8 Å². The summed E-state index contributed by atoms with van der Waals surface area (Å²) in [6, 6.07) is 5.50. The number of urea groups is 1. The molecule has 15 heteroatoms. The SMILES string of the molecule is C[C@H](N(Cc1ccc(F)cc1)C(=O)CN1C(=O)N(F)C2(CCc3cc(-c4cnn(CC(=O)N(C)C)c4)ccc32)C1=O)C(F)(F)F. The van der Waals surface area contributed by atoms with Crippen LogP contribution in [-0.2, 0) is 39.4 Å². The highest BCUT2D eigenvalue weighted by Crippen LogP contribution is 2.48. The molecule has 0 N–H and O–H groups in total. The van der Waals surface area contributed by atoms with E-state index in [1.54, 1.807) is 38.6 Å². The molecule has 0 radical (unpaired) electrons. The molecule has 2 aliphatic rings. The average molecular weight is 633 g/mol. The molecule has 5 amide bonds. The van der Waals surface area contributed by atoms with Crippen LogP contribution in [0.2, 0.25) is 0 Å². The lowest BCUT2D eigenvalue weighted by molar-refractivity contribution is -0.187. The number of carbonyl (C=O) groups excluding carboxylic acids is 4. The quantitative estimate of drug-likeness (QED) is 0.212. The van der Waals surface area contributed by atoms with Gasteiger partial charge in [-0.3, -0.25) is 24.0 Å². The monoisotopic (exact) mass is 632 g/mol. The summed E-state index contributed by atoms with van der Waals surface area (Å²) in [5, 5.41) is 3.94. The maximum absolute atomic E-state index is 15.7. The van der Waals surface area contributed by atoms with E-state index in [0.717, 1.165) is 19.1 Å². The number of hydrogen-bond donors (Lipinski definition) is 0. The summed E-state index contributed by atoms with van der Waals surface area (Å²) >= 11 is 0. The molecule has 1 aromatic heterocycles. The van der Waals surface area contributed by atoms with Gasteiger partial charge in [0.15, 0.2) is 5.54 Å². The Kier molecular flexibility index (Phi) is 8.14. The van der Waals surface area contributed by atoms with Gasteiger partial charge in [-0.25, -0.2) is 9.18 Å². The lowest BCUT2D eigenvalue weighted by Crippen LogP contribution is -2.51. The number of rotatable bonds is 8. The van der Waals surface area contributed by atoms with Gasteiger partial charge in [0.05, 0.1) is 6.20 Å². The summed E-state index contributed by atoms with van der Waals surface area (Å²) in [7, 11) is 3.24. The van der Waals surface area contributed by atoms with Gasteiger partial charge >= 0.3 is 12.2 Å². The first-order valence-corrected chi connectivity index (χ1v) is 13.9. The Morgan fingerprint density at radius 1 is 1.02 bits per heavy atom. The molecular weight excluding hydrogens is 603 g/mol. The van der Waals surface area contributed by atoms with Crippen molar-refractivity contribution in [2.24, 2.45) is 0 Å². The van der Waals surface area contributed by atoms with E-state index >= 15 is 4.48 Å². The molecule has 1 saturated heterocycles. The maximum atomic E-state index is 15.7. The number of carbonyl (C=O) groups is 4. The molecule has 2 aromatic carbocycles. The smallest absolute Gasteiger partial charge is 0.347 e. The summed E-state index contributed by atoms with van der Waals surface area (Å²) in [5.41, 5.74) is 0.183. The van der Waals surface area contributed by atoms with Crippen LogP contribution in [0.4, 0.5) is 26.8 Å². The highest BCUT2D eigenvalue weighted by Gasteiger charge is 2.62. The van der Waals surface area contributed by atoms with Gasteiger partial charge in [-0.05, 0) is 54.2 Å². The van der Waals surface area contributed by atoms with Crippen LogP contribution in [-0.4, -0.2) is 86.2 Å². The van der Waals surface area contributed by atoms with Crippen molar-refractivity contribution in [1.29, 1.82) is 0 Å². The van der Waals surface area contributed by atoms with Crippen LogP contribution >= 0.6 is 0 Å². The zero-order valence-electron chi connectivity index (χ0n) is 24.5. The van der Waals surface area contributed by atoms with Crippen molar-refractivity contribution in [3.63, 3.8) is 0 Å². The van der Waals surface area contributed by atoms with E-state index in [-0.39, 0.29) is 41.5 Å². The molecule has 3 aromatic rings. The zero-order chi connectivity index (χ0) is 32.8. The fraction of sp³-hybridized carbons (Fsp3) is 0.367. The van der Waals surface area contributed by atoms with Gasteiger partial charge in [0.2, 0.25) is 11.8 Å². The Balaban J connectivity index is 1.38. The van der Waals surface area contributed by atoms with Crippen molar-refractivity contribution < 1.29 is 41.2 Å². The second-order valence-corrected chi connectivity index (χ2v) is 11.3. The van der Waals surface area contributed by atoms with Gasteiger partial charge in [0, 0.05) is 32.4 Å². The third kappa shape index (κ3) is 5.73. The van der Waals surface area contributed by atoms with E-state index in [2.05, 4.69) is 5.10 Å². The molecule has 45 heavy (non-hydrogen) atoms. The van der Waals surface area contributed by atoms with Crippen LogP contribution in [0.5, 0.6) is 0 Å². The van der Waals surface area contributed by atoms with Crippen molar-refractivity contribution in [2.75, 3.05) is 20.6 Å². The number of fused-ring (bicyclic) bond motifs is 2. The molecule has 10 nitrogen and oxygen atoms in total. The van der Waals surface area contributed by atoms with Gasteiger partial charge in [0.25, 0.3) is 5.91 Å². The molecule has 1 aliphatic carbocycles. The molecule has 2 atom stereocenters. The van der Waals surface area contributed by atoms with Crippen LogP contribution in [0, 0.1) is 5.82 Å². The molecule has 0 saturated carbocycles. The molecule has 1 fully saturated rings. The Morgan fingerprint density at radius 2 is 1.71 bits per heavy atom. The molecule has 5 rings (SSSR count). The Morgan fingerprint density at radius 3 is 2.36 bits per heavy atom. The minimum Gasteiger partial charge on any atom is -0.347 e. The van der Waals surface area contributed by atoms with E-state index in [9.17, 15) is 36.7 Å². The van der Waals surface area contributed by atoms with Gasteiger partial charge < -0.3 is 9.80 Å². The summed E-state index contributed by atoms with van der Waals surface area (Å²) in [4.78, 5) is 54.1. The summed E-state index contributed by atoms with van der Waals surface area (Å²) in [6.07, 6.45) is -1.60. The molecule has 1 aliphatic heterocycles. The number of amides is 5. The highest BCUT2D eigenvalue weighted by atomic mass is 19.4. The van der Waals surface area contributed by atoms with Crippen LogP contribution in [0.25, 0.3) is 11.1 Å². The fourth-order valence-electron chi connectivity index (χ4n) is 5.57. The predicted molar refractivity (Wildman–Crippen MR) is 149 cm³/mol. The summed E-state index contributed by atoms with van der Waals surface area (Å²) in [6.45, 7) is -0.954. The number of aryl methyl sites for hydroxylation is 1. The first kappa shape index (κ1) is 31.6. The van der Waals surface area contributed by atoms with E-state index in [1.807, 2.05) is 0 Å². The second kappa shape index (κ2) is 11.6. The average Bonchev–Trinajstić information content (AvgIpc) is 3.66. The minimum absolute atomic E-state index is 0.0199. The van der Waals surface area contributed by atoms with E-state index in [4.69, 9.17) is 0 Å². The van der Waals surface area contributed by atoms with Crippen LogP contribution in [0.15, 0.2) is 54.9 Å². The number of imide groups is 1. The van der Waals surface area contributed by atoms with Crippen molar-refractivity contribution in [3.8, 4) is 11.1 Å². The normalized spacial score (nSPS) is 18.5. The third-order valence-electron chi connectivity index (χ3n) is 8.22. The number of nitrogens with zero attached hydrogens (tertiary/aromatic N) is 6. The molecule has 1 spiro atoms. The Hall–Kier alpha value is -4.82. The summed E-state index contributed by atoms with van der Waals surface area (Å²) in [5.74, 6) is -3.10. The van der Waals surface area contributed by atoms with E-state index in [0.29, 0.717) is 26.5 Å². The number of hydrogen-bond acceptors (Lipinski definition) is 5. The first-order valence-electron chi connectivity index (χ1n) is 13.9. The van der Waals surface area contributed by atoms with Crippen LogP contribution in [0.3, 0.4) is 0 Å². The molecular formula is C30H29F5N6O4. The standard InChI is InChI=1S/C30H29F5N6O4/c1-18(30(32,33)34)39(14-19-4-7-23(31)8-5-19)26(43)17-40-27(44)29(41(35)28(40)45)11-10-21-12-20(6-9-24(21)29)22-13-36-38(15-22)16-25(42)37(2)3/h4-9,12-13,15,18H,10-11,14,16-17H2,1-3H3/t18-,29?/m0/s1. The second-order valence-electron chi connectivity index (χ2n) is 11.3. The van der Waals surface area contributed by atoms with Crippen molar-refractivity contribution in [3.05, 3.63) is 77.4 Å². The predicted octanol–water partition coefficient (Wildman–Crippen LogP) is 4.05. The van der Waals surface area contributed by atoms with Gasteiger partial charge in [0.1, 0.15) is 24.9 Å². The molecule has 1 unspecified atom stereocenters. The van der Waals surface area contributed by atoms with Crippen molar-refractivity contribution in [2.45, 2.75) is 50.6 Å². The number of likely N-dealkylation sites (N-methyl/N-ethyl adjacent to an activating group) is 1. The topological polar surface area (TPSA) is 99.1 Å². The lowest BCUT2D eigenvalue weighted by atomic mass is 9.90. The van der Waals surface area contributed by atoms with Crippen molar-refractivity contribution in [1.82, 2.24) is 29.6 Å². The maximum Gasteiger partial charge on any atom is 0.408 e. The fourth-order valence-corrected chi connectivity index (χ4v) is 5.57. The number of halogens is 5. The molecule has 238 valence electrons. The molecule has 2 heterocycles. The largest absolute Gasteiger partial charge is 0.408 e. The Labute approximate surface area is 254 Å². The van der Waals surface area contributed by atoms with Crippen LogP contribution < -0.4 is 0 Å². The highest BCUT2D eigenvalue weighted by molar-refractivity contribution is 6.09. The van der Waals surface area contributed by atoms with E-state index < -0.39 is 54.5 Å². The first-order chi connectivity index (χ1) is 21.1. The lowest BCUT2D eigenvalue weighted by Gasteiger charge is -2.32. The van der Waals surface area contributed by atoms with Gasteiger partial charge in [-0.2, -0.15) is 18.3 Å². The van der Waals surface area contributed by atoms with Crippen molar-refractivity contribution >= 4 is 23.8 Å². The zero-order valence-corrected chi connectivity index (χ0v) is 24.5. The van der Waals surface area contributed by atoms with Crippen LogP contribution in [0.1, 0.15) is 30.0 Å².